The molecule has 0 aliphatic carbocycles. The van der Waals surface area contributed by atoms with Crippen LogP contribution >= 0.6 is 0 Å². The SMILES string of the molecule is CC(C)Cc1ccc(C(C)C(=O)N2CCC(C(=O)Nc3ccc(C(C)(C)C)cc3)CC2)cc1. The predicted molar refractivity (Wildman–Crippen MR) is 136 cm³/mol. The minimum atomic E-state index is -0.162. The molecule has 1 fully saturated rings. The van der Waals surface area contributed by atoms with E-state index in [2.05, 4.69) is 76.3 Å². The average molecular weight is 449 g/mol. The highest BCUT2D eigenvalue weighted by molar-refractivity contribution is 5.93. The summed E-state index contributed by atoms with van der Waals surface area (Å²) in [6.45, 7) is 14.2. The standard InChI is InChI=1S/C29H40N2O2/c1-20(2)19-22-7-9-23(10-8-22)21(3)28(33)31-17-15-24(16-18-31)27(32)30-26-13-11-25(12-14-26)29(4,5)6/h7-14,20-21,24H,15-19H2,1-6H3,(H,30,32). The van der Waals surface area contributed by atoms with Crippen molar-refractivity contribution in [2.75, 3.05) is 18.4 Å². The molecule has 0 spiro atoms. The van der Waals surface area contributed by atoms with Crippen molar-refractivity contribution in [1.29, 1.82) is 0 Å². The lowest BCUT2D eigenvalue weighted by Crippen LogP contribution is -2.43. The monoisotopic (exact) mass is 448 g/mol. The van der Waals surface area contributed by atoms with E-state index in [1.165, 1.54) is 11.1 Å². The molecule has 0 bridgehead atoms. The zero-order chi connectivity index (χ0) is 24.2. The van der Waals surface area contributed by atoms with Crippen LogP contribution in [-0.2, 0) is 21.4 Å². The highest BCUT2D eigenvalue weighted by Gasteiger charge is 2.30. The third-order valence-corrected chi connectivity index (χ3v) is 6.69. The number of carbonyl (C=O) groups excluding carboxylic acids is 2. The van der Waals surface area contributed by atoms with Crippen molar-refractivity contribution in [1.82, 2.24) is 4.90 Å². The number of amides is 2. The average Bonchev–Trinajstić information content (AvgIpc) is 2.78. The minimum Gasteiger partial charge on any atom is -0.342 e. The summed E-state index contributed by atoms with van der Waals surface area (Å²) in [5.41, 5.74) is 4.55. The summed E-state index contributed by atoms with van der Waals surface area (Å²) in [4.78, 5) is 27.8. The van der Waals surface area contributed by atoms with E-state index in [0.29, 0.717) is 31.8 Å². The number of hydrogen-bond acceptors (Lipinski definition) is 2. The van der Waals surface area contributed by atoms with Crippen molar-refractivity contribution in [2.24, 2.45) is 11.8 Å². The van der Waals surface area contributed by atoms with Crippen LogP contribution in [0.2, 0.25) is 0 Å². The third-order valence-electron chi connectivity index (χ3n) is 6.69. The van der Waals surface area contributed by atoms with Gasteiger partial charge in [0.15, 0.2) is 0 Å². The molecule has 2 aromatic carbocycles. The van der Waals surface area contributed by atoms with Crippen LogP contribution in [0.5, 0.6) is 0 Å². The maximum Gasteiger partial charge on any atom is 0.229 e. The molecular formula is C29H40N2O2. The lowest BCUT2D eigenvalue weighted by molar-refractivity contribution is -0.135. The molecule has 0 aromatic heterocycles. The van der Waals surface area contributed by atoms with Crippen LogP contribution in [0.25, 0.3) is 0 Å². The Morgan fingerprint density at radius 3 is 2.03 bits per heavy atom. The maximum atomic E-state index is 13.1. The minimum absolute atomic E-state index is 0.0537. The van der Waals surface area contributed by atoms with E-state index < -0.39 is 0 Å². The van der Waals surface area contributed by atoms with Gasteiger partial charge in [0.1, 0.15) is 0 Å². The van der Waals surface area contributed by atoms with E-state index >= 15 is 0 Å². The molecule has 0 saturated carbocycles. The summed E-state index contributed by atoms with van der Waals surface area (Å²) in [5.74, 6) is 0.616. The molecular weight excluding hydrogens is 408 g/mol. The molecule has 1 atom stereocenters. The molecule has 2 aromatic rings. The Hall–Kier alpha value is -2.62. The van der Waals surface area contributed by atoms with Crippen molar-refractivity contribution in [2.45, 2.75) is 72.1 Å². The summed E-state index contributed by atoms with van der Waals surface area (Å²) in [7, 11) is 0. The molecule has 0 radical (unpaired) electrons. The highest BCUT2D eigenvalue weighted by Crippen LogP contribution is 2.26. The normalized spacial score (nSPS) is 16.0. The highest BCUT2D eigenvalue weighted by atomic mass is 16.2. The summed E-state index contributed by atoms with van der Waals surface area (Å²) in [6.07, 6.45) is 2.47. The zero-order valence-corrected chi connectivity index (χ0v) is 21.2. The Morgan fingerprint density at radius 1 is 0.939 bits per heavy atom. The van der Waals surface area contributed by atoms with Crippen LogP contribution in [0.4, 0.5) is 5.69 Å². The molecule has 1 unspecified atom stereocenters. The Labute approximate surface area is 199 Å². The number of nitrogens with one attached hydrogen (secondary N) is 1. The van der Waals surface area contributed by atoms with Gasteiger partial charge in [0.2, 0.25) is 11.8 Å². The Bertz CT molecular complexity index is 931. The molecule has 1 heterocycles. The van der Waals surface area contributed by atoms with Crippen LogP contribution in [0.3, 0.4) is 0 Å². The quantitative estimate of drug-likeness (QED) is 0.575. The smallest absolute Gasteiger partial charge is 0.229 e. The second kappa shape index (κ2) is 10.5. The van der Waals surface area contributed by atoms with E-state index in [1.54, 1.807) is 0 Å². The number of hydrogen-bond donors (Lipinski definition) is 1. The summed E-state index contributed by atoms with van der Waals surface area (Å²) >= 11 is 0. The molecule has 3 rings (SSSR count). The fraction of sp³-hybridized carbons (Fsp3) is 0.517. The molecule has 2 amide bonds. The Balaban J connectivity index is 1.51. The van der Waals surface area contributed by atoms with Crippen molar-refractivity contribution in [3.05, 3.63) is 65.2 Å². The largest absolute Gasteiger partial charge is 0.342 e. The molecule has 4 heteroatoms. The van der Waals surface area contributed by atoms with E-state index in [1.807, 2.05) is 24.0 Å². The van der Waals surface area contributed by atoms with Gasteiger partial charge in [-0.3, -0.25) is 9.59 Å². The number of nitrogens with zero attached hydrogens (tertiary/aromatic N) is 1. The van der Waals surface area contributed by atoms with E-state index in [0.717, 1.165) is 17.7 Å². The van der Waals surface area contributed by atoms with E-state index in [4.69, 9.17) is 0 Å². The van der Waals surface area contributed by atoms with Crippen LogP contribution < -0.4 is 5.32 Å². The number of carbonyl (C=O) groups is 2. The second-order valence-corrected chi connectivity index (χ2v) is 11.0. The van der Waals surface area contributed by atoms with E-state index in [9.17, 15) is 9.59 Å². The first-order chi connectivity index (χ1) is 15.5. The summed E-state index contributed by atoms with van der Waals surface area (Å²) < 4.78 is 0. The Morgan fingerprint density at radius 2 is 1.52 bits per heavy atom. The number of piperidine rings is 1. The van der Waals surface area contributed by atoms with Crippen LogP contribution in [0.1, 0.15) is 77.0 Å². The van der Waals surface area contributed by atoms with Crippen molar-refractivity contribution >= 4 is 17.5 Å². The van der Waals surface area contributed by atoms with Crippen LogP contribution in [0, 0.1) is 11.8 Å². The van der Waals surface area contributed by atoms with Crippen molar-refractivity contribution in [3.63, 3.8) is 0 Å². The molecule has 33 heavy (non-hydrogen) atoms. The molecule has 1 aliphatic heterocycles. The van der Waals surface area contributed by atoms with Gasteiger partial charge in [0.25, 0.3) is 0 Å². The van der Waals surface area contributed by atoms with Gasteiger partial charge in [-0.2, -0.15) is 0 Å². The van der Waals surface area contributed by atoms with Crippen molar-refractivity contribution < 1.29 is 9.59 Å². The first-order valence-electron chi connectivity index (χ1n) is 12.3. The maximum absolute atomic E-state index is 13.1. The number of likely N-dealkylation sites (tertiary alicyclic amines) is 1. The first-order valence-corrected chi connectivity index (χ1v) is 12.3. The lowest BCUT2D eigenvalue weighted by atomic mass is 9.87. The summed E-state index contributed by atoms with van der Waals surface area (Å²) in [6, 6.07) is 16.6. The van der Waals surface area contributed by atoms with Crippen LogP contribution in [0.15, 0.2) is 48.5 Å². The fourth-order valence-electron chi connectivity index (χ4n) is 4.49. The zero-order valence-electron chi connectivity index (χ0n) is 21.2. The van der Waals surface area contributed by atoms with Gasteiger partial charge in [-0.25, -0.2) is 0 Å². The Kier molecular flexibility index (Phi) is 7.99. The number of benzene rings is 2. The molecule has 1 N–H and O–H groups in total. The predicted octanol–water partition coefficient (Wildman–Crippen LogP) is 6.16. The van der Waals surface area contributed by atoms with Crippen LogP contribution in [-0.4, -0.2) is 29.8 Å². The van der Waals surface area contributed by atoms with Gasteiger partial charge >= 0.3 is 0 Å². The lowest BCUT2D eigenvalue weighted by Gasteiger charge is -2.33. The van der Waals surface area contributed by atoms with Gasteiger partial charge in [-0.15, -0.1) is 0 Å². The van der Waals surface area contributed by atoms with Gasteiger partial charge < -0.3 is 10.2 Å². The topological polar surface area (TPSA) is 49.4 Å². The fourth-order valence-corrected chi connectivity index (χ4v) is 4.49. The summed E-state index contributed by atoms with van der Waals surface area (Å²) in [5, 5.41) is 3.06. The van der Waals surface area contributed by atoms with Gasteiger partial charge in [-0.05, 0) is 66.3 Å². The molecule has 4 nitrogen and oxygen atoms in total. The third kappa shape index (κ3) is 6.69. The van der Waals surface area contributed by atoms with Gasteiger partial charge in [-0.1, -0.05) is 71.0 Å². The van der Waals surface area contributed by atoms with Gasteiger partial charge in [0, 0.05) is 24.7 Å². The second-order valence-electron chi connectivity index (χ2n) is 11.0. The first kappa shape index (κ1) is 25.0. The molecule has 1 saturated heterocycles. The molecule has 178 valence electrons. The number of rotatable bonds is 6. The van der Waals surface area contributed by atoms with E-state index in [-0.39, 0.29) is 29.1 Å². The van der Waals surface area contributed by atoms with Gasteiger partial charge in [0.05, 0.1) is 5.92 Å². The number of anilines is 1. The molecule has 1 aliphatic rings. The van der Waals surface area contributed by atoms with Crippen molar-refractivity contribution in [3.8, 4) is 0 Å².